The number of hydrogen-bond donors (Lipinski definition) is 0. The summed E-state index contributed by atoms with van der Waals surface area (Å²) in [6.07, 6.45) is 2.87. The number of hydrogen-bond acceptors (Lipinski definition) is 6. The number of halogens is 1. The minimum atomic E-state index is -0.212. The molecule has 3 aromatic rings. The van der Waals surface area contributed by atoms with Gasteiger partial charge in [0.05, 0.1) is 16.1 Å². The first-order valence-corrected chi connectivity index (χ1v) is 11.9. The third-order valence-electron chi connectivity index (χ3n) is 5.48. The van der Waals surface area contributed by atoms with Crippen molar-refractivity contribution in [3.05, 3.63) is 70.5 Å². The van der Waals surface area contributed by atoms with Crippen molar-refractivity contribution < 1.29 is 14.3 Å². The third kappa shape index (κ3) is 4.12. The Labute approximate surface area is 194 Å². The molecule has 0 N–H and O–H groups in total. The molecule has 1 aliphatic heterocycles. The molecule has 2 aromatic carbocycles. The van der Waals surface area contributed by atoms with Crippen LogP contribution in [0.4, 0.5) is 0 Å². The van der Waals surface area contributed by atoms with Crippen LogP contribution in [0.15, 0.2) is 53.7 Å². The Balaban J connectivity index is 1.18. The molecule has 0 radical (unpaired) electrons. The lowest BCUT2D eigenvalue weighted by atomic mass is 10.1. The predicted octanol–water partition coefficient (Wildman–Crippen LogP) is 4.62. The second-order valence-corrected chi connectivity index (χ2v) is 9.20. The van der Waals surface area contributed by atoms with E-state index in [9.17, 15) is 9.59 Å². The molecule has 164 valence electrons. The number of ether oxygens (including phenoxy) is 1. The number of benzene rings is 2. The van der Waals surface area contributed by atoms with Gasteiger partial charge in [-0.05, 0) is 43.5 Å². The minimum Gasteiger partial charge on any atom is -0.484 e. The average molecular weight is 469 g/mol. The molecule has 9 heteroatoms. The van der Waals surface area contributed by atoms with E-state index in [-0.39, 0.29) is 11.8 Å². The number of para-hydroxylation sites is 1. The molecule has 2 heterocycles. The Bertz CT molecular complexity index is 1140. The third-order valence-corrected chi connectivity index (χ3v) is 6.82. The zero-order valence-corrected chi connectivity index (χ0v) is 18.8. The highest BCUT2D eigenvalue weighted by Gasteiger charge is 2.34. The summed E-state index contributed by atoms with van der Waals surface area (Å²) in [4.78, 5) is 26.3. The van der Waals surface area contributed by atoms with Gasteiger partial charge in [0, 0.05) is 18.3 Å². The monoisotopic (exact) mass is 468 g/mol. The first-order chi connectivity index (χ1) is 15.6. The van der Waals surface area contributed by atoms with Crippen LogP contribution < -0.4 is 4.74 Å². The van der Waals surface area contributed by atoms with Crippen LogP contribution in [-0.2, 0) is 6.61 Å². The van der Waals surface area contributed by atoms with Gasteiger partial charge in [-0.25, -0.2) is 0 Å². The molecule has 32 heavy (non-hydrogen) atoms. The lowest BCUT2D eigenvalue weighted by Gasteiger charge is -2.13. The van der Waals surface area contributed by atoms with Crippen molar-refractivity contribution >= 4 is 35.2 Å². The van der Waals surface area contributed by atoms with Gasteiger partial charge in [0.15, 0.2) is 11.0 Å². The van der Waals surface area contributed by atoms with Crippen molar-refractivity contribution in [2.24, 2.45) is 0 Å². The van der Waals surface area contributed by atoms with Crippen LogP contribution >= 0.6 is 23.4 Å². The summed E-state index contributed by atoms with van der Waals surface area (Å²) >= 11 is 7.76. The van der Waals surface area contributed by atoms with Crippen LogP contribution in [0.5, 0.6) is 5.75 Å². The lowest BCUT2D eigenvalue weighted by Crippen LogP contribution is -2.31. The quantitative estimate of drug-likeness (QED) is 0.259. The Morgan fingerprint density at radius 3 is 2.38 bits per heavy atom. The van der Waals surface area contributed by atoms with Crippen LogP contribution in [-0.4, -0.2) is 43.8 Å². The molecule has 2 aliphatic rings. The Hall–Kier alpha value is -2.84. The normalized spacial score (nSPS) is 15.3. The van der Waals surface area contributed by atoms with E-state index < -0.39 is 0 Å². The van der Waals surface area contributed by atoms with Crippen LogP contribution in [0.3, 0.4) is 0 Å². The van der Waals surface area contributed by atoms with E-state index in [2.05, 4.69) is 14.8 Å². The van der Waals surface area contributed by atoms with Crippen molar-refractivity contribution in [1.82, 2.24) is 19.7 Å². The van der Waals surface area contributed by atoms with E-state index in [4.69, 9.17) is 16.3 Å². The number of nitrogens with zero attached hydrogens (tertiary/aromatic N) is 4. The lowest BCUT2D eigenvalue weighted by molar-refractivity contribution is 0.0655. The summed E-state index contributed by atoms with van der Waals surface area (Å²) in [6.45, 7) is 0.683. The number of fused-ring (bicyclic) bond motifs is 1. The molecule has 0 saturated heterocycles. The second-order valence-electron chi connectivity index (χ2n) is 7.73. The highest BCUT2D eigenvalue weighted by Crippen LogP contribution is 2.39. The van der Waals surface area contributed by atoms with Crippen molar-refractivity contribution in [2.75, 3.05) is 12.3 Å². The molecule has 0 spiro atoms. The minimum absolute atomic E-state index is 0.212. The number of thioether (sulfide) groups is 1. The van der Waals surface area contributed by atoms with Gasteiger partial charge in [0.2, 0.25) is 0 Å². The number of carbonyl (C=O) groups is 2. The summed E-state index contributed by atoms with van der Waals surface area (Å²) in [5.74, 6) is 1.69. The topological polar surface area (TPSA) is 77.3 Å². The van der Waals surface area contributed by atoms with Crippen molar-refractivity contribution in [1.29, 1.82) is 0 Å². The smallest absolute Gasteiger partial charge is 0.261 e. The second kappa shape index (κ2) is 8.96. The fraction of sp³-hybridized carbons (Fsp3) is 0.304. The fourth-order valence-corrected chi connectivity index (χ4v) is 4.87. The van der Waals surface area contributed by atoms with E-state index in [1.165, 1.54) is 4.90 Å². The van der Waals surface area contributed by atoms with Gasteiger partial charge in [-0.1, -0.05) is 47.6 Å². The van der Waals surface area contributed by atoms with Crippen LogP contribution in [0.25, 0.3) is 0 Å². The van der Waals surface area contributed by atoms with Crippen LogP contribution in [0.2, 0.25) is 5.02 Å². The zero-order chi connectivity index (χ0) is 22.1. The summed E-state index contributed by atoms with van der Waals surface area (Å²) in [7, 11) is 0. The molecule has 7 nitrogen and oxygen atoms in total. The predicted molar refractivity (Wildman–Crippen MR) is 121 cm³/mol. The van der Waals surface area contributed by atoms with Crippen molar-refractivity contribution in [3.8, 4) is 5.75 Å². The van der Waals surface area contributed by atoms with E-state index >= 15 is 0 Å². The van der Waals surface area contributed by atoms with Gasteiger partial charge in [0.25, 0.3) is 11.8 Å². The Morgan fingerprint density at radius 1 is 1.00 bits per heavy atom. The number of carbonyl (C=O) groups excluding carboxylic acids is 2. The standard InChI is InChI=1S/C23H21ClN4O3S/c24-18-8-3-4-9-19(18)31-14-20-25-26-23(28(20)15-10-11-15)32-13-5-12-27-21(29)16-6-1-2-7-17(16)22(27)30/h1-4,6-9,15H,5,10-14H2. The largest absolute Gasteiger partial charge is 0.484 e. The number of imide groups is 1. The van der Waals surface area contributed by atoms with Crippen LogP contribution in [0.1, 0.15) is 51.8 Å². The summed E-state index contributed by atoms with van der Waals surface area (Å²) < 4.78 is 8.00. The molecule has 1 fully saturated rings. The van der Waals surface area contributed by atoms with Gasteiger partial charge < -0.3 is 9.30 Å². The number of aromatic nitrogens is 3. The molecule has 1 saturated carbocycles. The van der Waals surface area contributed by atoms with E-state index in [0.29, 0.717) is 47.5 Å². The number of rotatable bonds is 9. The van der Waals surface area contributed by atoms with Gasteiger partial charge in [-0.2, -0.15) is 0 Å². The zero-order valence-electron chi connectivity index (χ0n) is 17.2. The van der Waals surface area contributed by atoms with Gasteiger partial charge in [-0.3, -0.25) is 14.5 Å². The average Bonchev–Trinajstić information content (AvgIpc) is 3.52. The van der Waals surface area contributed by atoms with E-state index in [1.54, 1.807) is 42.1 Å². The maximum absolute atomic E-state index is 12.5. The summed E-state index contributed by atoms with van der Waals surface area (Å²) in [5.41, 5.74) is 0.976. The SMILES string of the molecule is O=C1c2ccccc2C(=O)N1CCCSc1nnc(COc2ccccc2Cl)n1C1CC1. The van der Waals surface area contributed by atoms with Crippen molar-refractivity contribution in [2.45, 2.75) is 37.1 Å². The highest BCUT2D eigenvalue weighted by atomic mass is 35.5. The number of amides is 2. The molecule has 0 bridgehead atoms. The molecular weight excluding hydrogens is 448 g/mol. The van der Waals surface area contributed by atoms with Crippen molar-refractivity contribution in [3.63, 3.8) is 0 Å². The van der Waals surface area contributed by atoms with Gasteiger partial charge >= 0.3 is 0 Å². The molecule has 0 atom stereocenters. The summed E-state index contributed by atoms with van der Waals surface area (Å²) in [5, 5.41) is 10.1. The Kier molecular flexibility index (Phi) is 5.89. The maximum Gasteiger partial charge on any atom is 0.261 e. The molecule has 1 aliphatic carbocycles. The fourth-order valence-electron chi connectivity index (χ4n) is 3.74. The molecule has 0 unspecified atom stereocenters. The molecule has 5 rings (SSSR count). The molecular formula is C23H21ClN4O3S. The van der Waals surface area contributed by atoms with E-state index in [1.807, 2.05) is 18.2 Å². The Morgan fingerprint density at radius 2 is 1.69 bits per heavy atom. The summed E-state index contributed by atoms with van der Waals surface area (Å²) in [6, 6.07) is 14.7. The maximum atomic E-state index is 12.5. The first-order valence-electron chi connectivity index (χ1n) is 10.5. The van der Waals surface area contributed by atoms with E-state index in [0.717, 1.165) is 29.6 Å². The highest BCUT2D eigenvalue weighted by molar-refractivity contribution is 7.99. The van der Waals surface area contributed by atoms with Gasteiger partial charge in [-0.15, -0.1) is 10.2 Å². The molecule has 2 amide bonds. The van der Waals surface area contributed by atoms with Crippen LogP contribution in [0, 0.1) is 0 Å². The molecule has 1 aromatic heterocycles. The van der Waals surface area contributed by atoms with Gasteiger partial charge in [0.1, 0.15) is 12.4 Å². The first kappa shape index (κ1) is 21.0.